The van der Waals surface area contributed by atoms with E-state index in [1.54, 1.807) is 13.8 Å². The zero-order valence-corrected chi connectivity index (χ0v) is 27.8. The maximum absolute atomic E-state index is 12.3. The summed E-state index contributed by atoms with van der Waals surface area (Å²) in [6.07, 6.45) is -8.58. The number of nitrogens with one attached hydrogen (secondary N) is 1. The third-order valence-electron chi connectivity index (χ3n) is 7.21. The smallest absolute Gasteiger partial charge is 0.303 e. The van der Waals surface area contributed by atoms with Gasteiger partial charge in [-0.2, -0.15) is 0 Å². The number of fused-ring (bicyclic) bond motifs is 1. The number of esters is 4. The first kappa shape index (κ1) is 37.6. The van der Waals surface area contributed by atoms with Crippen molar-refractivity contribution in [1.82, 2.24) is 5.32 Å². The molecule has 1 amide bonds. The SMILES string of the molecule is CC(=O)N[C@H]1[C@H](OCC(OC(C)=O)[C@H]2O[C@@H]3OC(C)(C)O[C@@H]3[C@H]2OCCC(C)C)O[C@H](COC(C)=O)[C@@H](OC(C)=O)[C@@H]1OC(C)=O. The van der Waals surface area contributed by atoms with Crippen LogP contribution in [0.4, 0.5) is 0 Å². The lowest BCUT2D eigenvalue weighted by Crippen LogP contribution is -2.67. The summed E-state index contributed by atoms with van der Waals surface area (Å²) in [5.74, 6) is -3.90. The molecule has 0 aromatic rings. The minimum Gasteiger partial charge on any atom is -0.463 e. The number of carbonyl (C=O) groups excluding carboxylic acids is 5. The number of rotatable bonds is 14. The maximum Gasteiger partial charge on any atom is 0.303 e. The molecule has 16 nitrogen and oxygen atoms in total. The Morgan fingerprint density at radius 1 is 0.804 bits per heavy atom. The van der Waals surface area contributed by atoms with E-state index in [0.717, 1.165) is 20.3 Å². The first-order valence-corrected chi connectivity index (χ1v) is 15.3. The van der Waals surface area contributed by atoms with Crippen molar-refractivity contribution < 1.29 is 71.3 Å². The van der Waals surface area contributed by atoms with Crippen molar-refractivity contribution in [3.05, 3.63) is 0 Å². The molecule has 1 unspecified atom stereocenters. The van der Waals surface area contributed by atoms with Crippen molar-refractivity contribution >= 4 is 29.8 Å². The van der Waals surface area contributed by atoms with E-state index in [2.05, 4.69) is 19.2 Å². The van der Waals surface area contributed by atoms with E-state index in [1.807, 2.05) is 0 Å². The molecule has 0 aromatic carbocycles. The van der Waals surface area contributed by atoms with Crippen LogP contribution in [0.15, 0.2) is 0 Å². The summed E-state index contributed by atoms with van der Waals surface area (Å²) in [7, 11) is 0. The zero-order chi connectivity index (χ0) is 34.3. The van der Waals surface area contributed by atoms with Gasteiger partial charge in [0, 0.05) is 41.2 Å². The Bertz CT molecular complexity index is 1100. The minimum atomic E-state index is -1.38. The van der Waals surface area contributed by atoms with Gasteiger partial charge in [-0.15, -0.1) is 0 Å². The molecule has 3 rings (SSSR count). The van der Waals surface area contributed by atoms with E-state index < -0.39 is 104 Å². The number of amides is 1. The van der Waals surface area contributed by atoms with E-state index in [-0.39, 0.29) is 6.61 Å². The molecule has 16 heteroatoms. The molecule has 3 aliphatic rings. The van der Waals surface area contributed by atoms with E-state index in [9.17, 15) is 24.0 Å². The predicted molar refractivity (Wildman–Crippen MR) is 153 cm³/mol. The molecular weight excluding hydrogens is 614 g/mol. The Morgan fingerprint density at radius 2 is 1.46 bits per heavy atom. The summed E-state index contributed by atoms with van der Waals surface area (Å²) < 4.78 is 58.3. The van der Waals surface area contributed by atoms with E-state index in [0.29, 0.717) is 12.5 Å². The average Bonchev–Trinajstić information content (AvgIpc) is 3.38. The van der Waals surface area contributed by atoms with Crippen LogP contribution in [0, 0.1) is 5.92 Å². The number of carbonyl (C=O) groups is 5. The fourth-order valence-electron chi connectivity index (χ4n) is 5.46. The van der Waals surface area contributed by atoms with Crippen LogP contribution in [0.2, 0.25) is 0 Å². The number of hydrogen-bond acceptors (Lipinski definition) is 15. The summed E-state index contributed by atoms with van der Waals surface area (Å²) in [5.41, 5.74) is 0. The standard InChI is InChI=1S/C30H47NO15/c1-14(2)10-11-37-26-24(44-29-27(26)45-30(8,9)46-29)20(40-17(5)34)13-39-28-22(31-15(3)32)25(42-19(7)36)23(41-18(6)35)21(43-28)12-38-16(4)33/h14,20-29H,10-13H2,1-9H3,(H,31,32)/t20?,21-,22-,23-,24-,25-,26+,27-,28-,29-/m1/s1. The summed E-state index contributed by atoms with van der Waals surface area (Å²) in [5, 5.41) is 2.63. The topological polar surface area (TPSA) is 190 Å². The van der Waals surface area contributed by atoms with Crippen LogP contribution in [0.25, 0.3) is 0 Å². The average molecular weight is 662 g/mol. The minimum absolute atomic E-state index is 0.358. The molecule has 46 heavy (non-hydrogen) atoms. The van der Waals surface area contributed by atoms with Gasteiger partial charge in [-0.3, -0.25) is 24.0 Å². The monoisotopic (exact) mass is 661 g/mol. The van der Waals surface area contributed by atoms with Gasteiger partial charge in [-0.1, -0.05) is 13.8 Å². The van der Waals surface area contributed by atoms with Gasteiger partial charge >= 0.3 is 23.9 Å². The van der Waals surface area contributed by atoms with Crippen molar-refractivity contribution in [2.75, 3.05) is 19.8 Å². The Morgan fingerprint density at radius 3 is 2.02 bits per heavy atom. The number of hydrogen-bond donors (Lipinski definition) is 1. The molecule has 10 atom stereocenters. The first-order chi connectivity index (χ1) is 21.5. The van der Waals surface area contributed by atoms with Gasteiger partial charge in [-0.25, -0.2) is 0 Å². The van der Waals surface area contributed by atoms with Gasteiger partial charge < -0.3 is 52.7 Å². The van der Waals surface area contributed by atoms with Crippen LogP contribution < -0.4 is 5.32 Å². The molecule has 3 heterocycles. The normalized spacial score (nSPS) is 32.3. The summed E-state index contributed by atoms with van der Waals surface area (Å²) >= 11 is 0. The maximum atomic E-state index is 12.3. The van der Waals surface area contributed by atoms with Gasteiger partial charge in [0.25, 0.3) is 0 Å². The van der Waals surface area contributed by atoms with E-state index in [4.69, 9.17) is 47.4 Å². The van der Waals surface area contributed by atoms with Gasteiger partial charge in [0.05, 0.1) is 6.61 Å². The van der Waals surface area contributed by atoms with Crippen molar-refractivity contribution in [2.45, 2.75) is 136 Å². The molecule has 0 bridgehead atoms. The summed E-state index contributed by atoms with van der Waals surface area (Å²) in [4.78, 5) is 60.4. The van der Waals surface area contributed by atoms with Crippen LogP contribution in [-0.2, 0) is 71.3 Å². The summed E-state index contributed by atoms with van der Waals surface area (Å²) in [6, 6.07) is -1.22. The molecule has 0 saturated carbocycles. The molecule has 0 radical (unpaired) electrons. The highest BCUT2D eigenvalue weighted by Gasteiger charge is 2.58. The molecule has 1 N–H and O–H groups in total. The highest BCUT2D eigenvalue weighted by molar-refractivity contribution is 5.73. The largest absolute Gasteiger partial charge is 0.463 e. The Balaban J connectivity index is 1.91. The second-order valence-corrected chi connectivity index (χ2v) is 12.3. The molecule has 0 aliphatic carbocycles. The van der Waals surface area contributed by atoms with Gasteiger partial charge in [-0.05, 0) is 26.2 Å². The quantitative estimate of drug-likeness (QED) is 0.204. The molecule has 262 valence electrons. The molecule has 3 aliphatic heterocycles. The first-order valence-electron chi connectivity index (χ1n) is 15.3. The molecule has 3 saturated heterocycles. The van der Waals surface area contributed by atoms with Gasteiger partial charge in [0.15, 0.2) is 36.7 Å². The third kappa shape index (κ3) is 10.6. The van der Waals surface area contributed by atoms with E-state index in [1.165, 1.54) is 20.8 Å². The molecular formula is C30H47NO15. The van der Waals surface area contributed by atoms with Gasteiger partial charge in [0.1, 0.15) is 37.1 Å². The Hall–Kier alpha value is -2.89. The molecule has 0 spiro atoms. The van der Waals surface area contributed by atoms with E-state index >= 15 is 0 Å². The van der Waals surface area contributed by atoms with Crippen LogP contribution in [0.1, 0.15) is 68.7 Å². The van der Waals surface area contributed by atoms with Crippen molar-refractivity contribution in [3.63, 3.8) is 0 Å². The van der Waals surface area contributed by atoms with Crippen molar-refractivity contribution in [3.8, 4) is 0 Å². The fourth-order valence-corrected chi connectivity index (χ4v) is 5.46. The van der Waals surface area contributed by atoms with Gasteiger partial charge in [0.2, 0.25) is 5.91 Å². The predicted octanol–water partition coefficient (Wildman–Crippen LogP) is 0.899. The molecule has 3 fully saturated rings. The second kappa shape index (κ2) is 16.3. The fraction of sp³-hybridized carbons (Fsp3) is 0.833. The Kier molecular flexibility index (Phi) is 13.3. The van der Waals surface area contributed by atoms with Crippen LogP contribution in [0.3, 0.4) is 0 Å². The van der Waals surface area contributed by atoms with Crippen molar-refractivity contribution in [1.29, 1.82) is 0 Å². The van der Waals surface area contributed by atoms with Crippen LogP contribution in [-0.4, -0.2) is 117 Å². The zero-order valence-electron chi connectivity index (χ0n) is 27.8. The van der Waals surface area contributed by atoms with Crippen LogP contribution in [0.5, 0.6) is 0 Å². The number of ether oxygens (including phenoxy) is 10. The highest BCUT2D eigenvalue weighted by Crippen LogP contribution is 2.40. The third-order valence-corrected chi connectivity index (χ3v) is 7.21. The lowest BCUT2D eigenvalue weighted by molar-refractivity contribution is -0.287. The lowest BCUT2D eigenvalue weighted by atomic mass is 9.96. The molecule has 0 aromatic heterocycles. The Labute approximate surface area is 268 Å². The highest BCUT2D eigenvalue weighted by atomic mass is 16.8. The lowest BCUT2D eigenvalue weighted by Gasteiger charge is -2.45. The summed E-state index contributed by atoms with van der Waals surface area (Å²) in [6.45, 7) is 13.1. The van der Waals surface area contributed by atoms with Crippen LogP contribution >= 0.6 is 0 Å². The second-order valence-electron chi connectivity index (χ2n) is 12.3. The van der Waals surface area contributed by atoms with Crippen molar-refractivity contribution in [2.24, 2.45) is 5.92 Å².